The topological polar surface area (TPSA) is 108 Å². The van der Waals surface area contributed by atoms with Crippen molar-refractivity contribution in [3.05, 3.63) is 94.6 Å². The molecule has 0 saturated carbocycles. The van der Waals surface area contributed by atoms with Crippen LogP contribution in [0.15, 0.2) is 60.7 Å². The molecule has 172 valence electrons. The molecule has 0 heterocycles. The highest BCUT2D eigenvalue weighted by Gasteiger charge is 2.28. The van der Waals surface area contributed by atoms with Gasteiger partial charge in [-0.05, 0) is 41.3 Å². The van der Waals surface area contributed by atoms with Crippen LogP contribution in [0.25, 0.3) is 11.1 Å². The third-order valence-electron chi connectivity index (χ3n) is 5.14. The Morgan fingerprint density at radius 2 is 1.76 bits per heavy atom. The molecule has 3 aromatic carbocycles. The van der Waals surface area contributed by atoms with Crippen LogP contribution >= 0.6 is 0 Å². The van der Waals surface area contributed by atoms with Crippen LogP contribution in [0.1, 0.15) is 35.3 Å². The van der Waals surface area contributed by atoms with Gasteiger partial charge in [0, 0.05) is 18.7 Å². The second-order valence-electron chi connectivity index (χ2n) is 7.33. The number of nitrogens with one attached hydrogen (secondary N) is 2. The van der Waals surface area contributed by atoms with E-state index in [1.807, 2.05) is 0 Å². The summed E-state index contributed by atoms with van der Waals surface area (Å²) in [5.74, 6) is -2.60. The lowest BCUT2D eigenvalue weighted by Gasteiger charge is -2.19. The molecule has 0 unspecified atom stereocenters. The molecule has 0 aliphatic rings. The lowest BCUT2D eigenvalue weighted by molar-refractivity contribution is -0.133. The van der Waals surface area contributed by atoms with Crippen molar-refractivity contribution < 1.29 is 23.4 Å². The van der Waals surface area contributed by atoms with E-state index in [9.17, 15) is 9.90 Å². The number of nitrogen functional groups attached to an aromatic ring is 1. The predicted molar refractivity (Wildman–Crippen MR) is 121 cm³/mol. The number of aliphatic hydroxyl groups is 1. The van der Waals surface area contributed by atoms with Crippen LogP contribution < -0.4 is 11.1 Å². The number of benzene rings is 3. The molecule has 0 spiro atoms. The number of hydrogen-bond donors (Lipinski definition) is 4. The van der Waals surface area contributed by atoms with Gasteiger partial charge in [0.1, 0.15) is 17.5 Å². The van der Waals surface area contributed by atoms with Crippen LogP contribution in [0.5, 0.6) is 0 Å². The van der Waals surface area contributed by atoms with Crippen LogP contribution in [-0.2, 0) is 22.7 Å². The number of nitrogens with two attached hydrogens (primary N) is 1. The Kier molecular flexibility index (Phi) is 7.87. The van der Waals surface area contributed by atoms with E-state index in [0.29, 0.717) is 16.7 Å². The molecular formula is C25H25F2N3O3. The summed E-state index contributed by atoms with van der Waals surface area (Å²) in [7, 11) is 0. The molecule has 0 aliphatic carbocycles. The Morgan fingerprint density at radius 1 is 1.12 bits per heavy atom. The fourth-order valence-electron chi connectivity index (χ4n) is 3.47. The predicted octanol–water partition coefficient (Wildman–Crippen LogP) is 3.80. The smallest absolute Gasteiger partial charge is 0.254 e. The number of rotatable bonds is 9. The first kappa shape index (κ1) is 24.0. The molecule has 0 fully saturated rings. The van der Waals surface area contributed by atoms with Crippen LogP contribution in [0.4, 0.5) is 8.78 Å². The second-order valence-corrected chi connectivity index (χ2v) is 7.33. The molecule has 5 N–H and O–H groups in total. The first-order chi connectivity index (χ1) is 15.8. The normalized spacial score (nSPS) is 11.8. The van der Waals surface area contributed by atoms with Crippen molar-refractivity contribution >= 4 is 11.7 Å². The standard InChI is InChI=1S/C25H25F2N3O3/c1-2-33-23(25(32)30-13-15-7-9-16(10-8-15)24(28)29)22-20(26)11-18(12-21(22)27)19-6-4-3-5-17(19)14-31/h3-12,23,31H,2,13-14H2,1H3,(H3,28,29)(H,30,32)/t23-/m0/s1. The van der Waals surface area contributed by atoms with Gasteiger partial charge in [0.25, 0.3) is 5.91 Å². The average molecular weight is 453 g/mol. The van der Waals surface area contributed by atoms with E-state index in [1.165, 1.54) is 0 Å². The summed E-state index contributed by atoms with van der Waals surface area (Å²) < 4.78 is 35.5. The summed E-state index contributed by atoms with van der Waals surface area (Å²) in [6.45, 7) is 1.52. The number of ether oxygens (including phenoxy) is 1. The van der Waals surface area contributed by atoms with Crippen molar-refractivity contribution in [2.24, 2.45) is 5.73 Å². The first-order valence-corrected chi connectivity index (χ1v) is 10.4. The molecule has 3 rings (SSSR count). The van der Waals surface area contributed by atoms with Crippen molar-refractivity contribution in [1.82, 2.24) is 5.32 Å². The average Bonchev–Trinajstić information content (AvgIpc) is 2.81. The van der Waals surface area contributed by atoms with Crippen LogP contribution in [0, 0.1) is 17.0 Å². The molecule has 1 atom stereocenters. The lowest BCUT2D eigenvalue weighted by atomic mass is 9.96. The number of halogens is 2. The van der Waals surface area contributed by atoms with Crippen molar-refractivity contribution in [2.45, 2.75) is 26.2 Å². The monoisotopic (exact) mass is 453 g/mol. The quantitative estimate of drug-likeness (QED) is 0.292. The van der Waals surface area contributed by atoms with E-state index in [-0.39, 0.29) is 31.2 Å². The zero-order valence-electron chi connectivity index (χ0n) is 18.1. The maximum Gasteiger partial charge on any atom is 0.254 e. The van der Waals surface area contributed by atoms with E-state index >= 15 is 8.78 Å². The molecule has 0 aliphatic heterocycles. The van der Waals surface area contributed by atoms with Gasteiger partial charge >= 0.3 is 0 Å². The number of carbonyl (C=O) groups excluding carboxylic acids is 1. The molecule has 0 saturated heterocycles. The van der Waals surface area contributed by atoms with Crippen molar-refractivity contribution in [3.8, 4) is 11.1 Å². The fraction of sp³-hybridized carbons (Fsp3) is 0.200. The lowest BCUT2D eigenvalue weighted by Crippen LogP contribution is -2.31. The maximum absolute atomic E-state index is 15.1. The Labute approximate surface area is 190 Å². The number of hydrogen-bond acceptors (Lipinski definition) is 4. The van der Waals surface area contributed by atoms with Gasteiger partial charge < -0.3 is 20.9 Å². The van der Waals surface area contributed by atoms with Crippen molar-refractivity contribution in [2.75, 3.05) is 6.61 Å². The van der Waals surface area contributed by atoms with Crippen molar-refractivity contribution in [3.63, 3.8) is 0 Å². The molecule has 6 nitrogen and oxygen atoms in total. The summed E-state index contributed by atoms with van der Waals surface area (Å²) in [6, 6.07) is 15.7. The van der Waals surface area contributed by atoms with Gasteiger partial charge in [-0.1, -0.05) is 48.5 Å². The Hall–Kier alpha value is -3.62. The van der Waals surface area contributed by atoms with Gasteiger partial charge in [0.05, 0.1) is 12.2 Å². The minimum atomic E-state index is -1.48. The molecule has 33 heavy (non-hydrogen) atoms. The van der Waals surface area contributed by atoms with Crippen LogP contribution in [-0.4, -0.2) is 23.5 Å². The van der Waals surface area contributed by atoms with Gasteiger partial charge in [-0.2, -0.15) is 0 Å². The third-order valence-corrected chi connectivity index (χ3v) is 5.14. The Balaban J connectivity index is 1.84. The maximum atomic E-state index is 15.1. The van der Waals surface area contributed by atoms with Crippen LogP contribution in [0.2, 0.25) is 0 Å². The molecule has 3 aromatic rings. The number of amidine groups is 1. The van der Waals surface area contributed by atoms with Gasteiger partial charge in [0.2, 0.25) is 0 Å². The highest BCUT2D eigenvalue weighted by atomic mass is 19.1. The second kappa shape index (κ2) is 10.8. The van der Waals surface area contributed by atoms with Gasteiger partial charge in [0.15, 0.2) is 6.10 Å². The van der Waals surface area contributed by atoms with Crippen LogP contribution in [0.3, 0.4) is 0 Å². The summed E-state index contributed by atoms with van der Waals surface area (Å²) >= 11 is 0. The molecule has 0 bridgehead atoms. The Bertz CT molecular complexity index is 1130. The Morgan fingerprint density at radius 3 is 2.33 bits per heavy atom. The number of aliphatic hydroxyl groups excluding tert-OH is 1. The van der Waals surface area contributed by atoms with Crippen molar-refractivity contribution in [1.29, 1.82) is 5.41 Å². The largest absolute Gasteiger partial charge is 0.392 e. The third kappa shape index (κ3) is 5.60. The molecule has 0 radical (unpaired) electrons. The summed E-state index contributed by atoms with van der Waals surface area (Å²) in [4.78, 5) is 12.8. The highest BCUT2D eigenvalue weighted by Crippen LogP contribution is 2.31. The number of carbonyl (C=O) groups is 1. The van der Waals surface area contributed by atoms with E-state index in [2.05, 4.69) is 5.32 Å². The zero-order valence-corrected chi connectivity index (χ0v) is 18.1. The van der Waals surface area contributed by atoms with Gasteiger partial charge in [-0.15, -0.1) is 0 Å². The molecule has 1 amide bonds. The molecular weight excluding hydrogens is 428 g/mol. The van der Waals surface area contributed by atoms with E-state index < -0.39 is 29.2 Å². The summed E-state index contributed by atoms with van der Waals surface area (Å²) in [5, 5.41) is 19.6. The number of amides is 1. The summed E-state index contributed by atoms with van der Waals surface area (Å²) in [6.07, 6.45) is -1.48. The SMILES string of the molecule is CCO[C@H](C(=O)NCc1ccc(C(=N)N)cc1)c1c(F)cc(-c2ccccc2CO)cc1F. The van der Waals surface area contributed by atoms with E-state index in [0.717, 1.165) is 17.7 Å². The fourth-order valence-corrected chi connectivity index (χ4v) is 3.47. The molecule has 8 heteroatoms. The van der Waals surface area contributed by atoms with E-state index in [4.69, 9.17) is 15.9 Å². The minimum absolute atomic E-state index is 0.0688. The first-order valence-electron chi connectivity index (χ1n) is 10.4. The molecule has 0 aromatic heterocycles. The van der Waals surface area contributed by atoms with Gasteiger partial charge in [-0.25, -0.2) is 8.78 Å². The highest BCUT2D eigenvalue weighted by molar-refractivity contribution is 5.94. The summed E-state index contributed by atoms with van der Waals surface area (Å²) in [5.41, 5.74) is 7.49. The minimum Gasteiger partial charge on any atom is -0.392 e. The van der Waals surface area contributed by atoms with Gasteiger partial charge in [-0.3, -0.25) is 10.2 Å². The van der Waals surface area contributed by atoms with E-state index in [1.54, 1.807) is 55.5 Å². The zero-order chi connectivity index (χ0) is 24.0.